The summed E-state index contributed by atoms with van der Waals surface area (Å²) in [5, 5.41) is 0.489. The van der Waals surface area contributed by atoms with Crippen molar-refractivity contribution in [3.05, 3.63) is 71.7 Å². The Kier molecular flexibility index (Phi) is 4.13. The highest BCUT2D eigenvalue weighted by Crippen LogP contribution is 2.11. The molecule has 3 rings (SSSR count). The third-order valence-corrected chi connectivity index (χ3v) is 4.13. The Hall–Kier alpha value is -3.00. The standard InChI is InChI=1S/C16H13ClN4O4/c1-20-13-12(15(24)21(2)16(20)25)18-10(14(23)19-13)7-11(22)8-3-5-9(17)6-4-8/h3-6H,7H2,1-2H3,(H,19,23). The molecule has 9 heteroatoms. The molecule has 0 spiro atoms. The van der Waals surface area contributed by atoms with Crippen LogP contribution in [0.3, 0.4) is 0 Å². The molecule has 0 unspecified atom stereocenters. The maximum atomic E-state index is 12.3. The van der Waals surface area contributed by atoms with Gasteiger partial charge in [0.1, 0.15) is 11.3 Å². The van der Waals surface area contributed by atoms with Crippen LogP contribution in [0.2, 0.25) is 5.02 Å². The maximum Gasteiger partial charge on any atom is 0.332 e. The first-order valence-corrected chi connectivity index (χ1v) is 7.65. The van der Waals surface area contributed by atoms with Crippen molar-refractivity contribution in [1.82, 2.24) is 19.1 Å². The van der Waals surface area contributed by atoms with Crippen LogP contribution >= 0.6 is 11.6 Å². The van der Waals surface area contributed by atoms with Crippen LogP contribution < -0.4 is 16.8 Å². The lowest BCUT2D eigenvalue weighted by Gasteiger charge is -2.07. The molecule has 3 aromatic rings. The zero-order valence-electron chi connectivity index (χ0n) is 13.4. The summed E-state index contributed by atoms with van der Waals surface area (Å²) in [5.74, 6) is -0.337. The summed E-state index contributed by atoms with van der Waals surface area (Å²) in [6.45, 7) is 0. The lowest BCUT2D eigenvalue weighted by Crippen LogP contribution is -2.39. The van der Waals surface area contributed by atoms with Crippen molar-refractivity contribution < 1.29 is 4.79 Å². The van der Waals surface area contributed by atoms with Crippen LogP contribution in [-0.2, 0) is 20.5 Å². The van der Waals surface area contributed by atoms with Gasteiger partial charge in [0.05, 0.1) is 6.42 Å². The molecule has 8 nitrogen and oxygen atoms in total. The van der Waals surface area contributed by atoms with Gasteiger partial charge in [-0.25, -0.2) is 9.78 Å². The van der Waals surface area contributed by atoms with Crippen LogP contribution in [0.4, 0.5) is 0 Å². The van der Waals surface area contributed by atoms with Gasteiger partial charge in [0.25, 0.3) is 11.1 Å². The number of halogens is 1. The number of fused-ring (bicyclic) bond motifs is 1. The minimum atomic E-state index is -0.644. The normalized spacial score (nSPS) is 11.0. The van der Waals surface area contributed by atoms with Crippen molar-refractivity contribution in [3.63, 3.8) is 0 Å². The third kappa shape index (κ3) is 2.91. The summed E-state index contributed by atoms with van der Waals surface area (Å²) in [7, 11) is 2.73. The van der Waals surface area contributed by atoms with Gasteiger partial charge in [-0.15, -0.1) is 0 Å². The fourth-order valence-electron chi connectivity index (χ4n) is 2.45. The first kappa shape index (κ1) is 16.8. The number of ketones is 1. The largest absolute Gasteiger partial charge is 0.332 e. The number of aromatic nitrogens is 4. The molecular formula is C16H13ClN4O4. The van der Waals surface area contributed by atoms with Gasteiger partial charge in [0, 0.05) is 24.7 Å². The van der Waals surface area contributed by atoms with E-state index in [0.717, 1.165) is 9.13 Å². The molecule has 0 amide bonds. The van der Waals surface area contributed by atoms with Crippen molar-refractivity contribution in [2.75, 3.05) is 0 Å². The summed E-state index contributed by atoms with van der Waals surface area (Å²) in [5.41, 5.74) is -1.64. The van der Waals surface area contributed by atoms with Gasteiger partial charge >= 0.3 is 5.69 Å². The Morgan fingerprint density at radius 1 is 1.12 bits per heavy atom. The molecule has 2 aromatic heterocycles. The number of nitrogens with zero attached hydrogens (tertiary/aromatic N) is 3. The second-order valence-electron chi connectivity index (χ2n) is 5.52. The number of carbonyl (C=O) groups is 1. The average molecular weight is 361 g/mol. The number of H-pyrrole nitrogens is 1. The topological polar surface area (TPSA) is 107 Å². The van der Waals surface area contributed by atoms with Gasteiger partial charge < -0.3 is 4.98 Å². The smallest absolute Gasteiger partial charge is 0.305 e. The van der Waals surface area contributed by atoms with E-state index in [-0.39, 0.29) is 29.1 Å². The Morgan fingerprint density at radius 2 is 1.76 bits per heavy atom. The maximum absolute atomic E-state index is 12.3. The summed E-state index contributed by atoms with van der Waals surface area (Å²) in [6, 6.07) is 6.22. The van der Waals surface area contributed by atoms with Crippen LogP contribution in [0.25, 0.3) is 11.2 Å². The molecule has 1 N–H and O–H groups in total. The van der Waals surface area contributed by atoms with E-state index in [0.29, 0.717) is 10.6 Å². The van der Waals surface area contributed by atoms with E-state index in [9.17, 15) is 19.2 Å². The molecule has 0 radical (unpaired) electrons. The molecule has 1 aromatic carbocycles. The second-order valence-corrected chi connectivity index (χ2v) is 5.96. The average Bonchev–Trinajstić information content (AvgIpc) is 2.60. The number of benzene rings is 1. The van der Waals surface area contributed by atoms with E-state index in [1.165, 1.54) is 14.1 Å². The summed E-state index contributed by atoms with van der Waals surface area (Å²) in [6.07, 6.45) is -0.279. The third-order valence-electron chi connectivity index (χ3n) is 3.88. The van der Waals surface area contributed by atoms with E-state index in [4.69, 9.17) is 11.6 Å². The molecular weight excluding hydrogens is 348 g/mol. The van der Waals surface area contributed by atoms with E-state index >= 15 is 0 Å². The van der Waals surface area contributed by atoms with E-state index in [1.807, 2.05) is 0 Å². The van der Waals surface area contributed by atoms with Crippen LogP contribution in [0.1, 0.15) is 16.1 Å². The van der Waals surface area contributed by atoms with Crippen molar-refractivity contribution in [2.45, 2.75) is 6.42 Å². The summed E-state index contributed by atoms with van der Waals surface area (Å²) >= 11 is 5.78. The molecule has 0 saturated heterocycles. The Morgan fingerprint density at radius 3 is 2.40 bits per heavy atom. The molecule has 128 valence electrons. The first-order chi connectivity index (χ1) is 11.8. The lowest BCUT2D eigenvalue weighted by molar-refractivity contribution is 0.0991. The molecule has 25 heavy (non-hydrogen) atoms. The monoisotopic (exact) mass is 360 g/mol. The van der Waals surface area contributed by atoms with Gasteiger partial charge in [-0.3, -0.25) is 23.5 Å². The zero-order chi connectivity index (χ0) is 18.3. The molecule has 0 aliphatic heterocycles. The number of rotatable bonds is 3. The zero-order valence-corrected chi connectivity index (χ0v) is 14.1. The van der Waals surface area contributed by atoms with Crippen molar-refractivity contribution in [1.29, 1.82) is 0 Å². The van der Waals surface area contributed by atoms with Gasteiger partial charge in [-0.1, -0.05) is 11.6 Å². The minimum Gasteiger partial charge on any atom is -0.305 e. The Balaban J connectivity index is 2.12. The molecule has 2 heterocycles. The highest BCUT2D eigenvalue weighted by atomic mass is 35.5. The molecule has 0 atom stereocenters. The predicted molar refractivity (Wildman–Crippen MR) is 92.3 cm³/mol. The number of nitrogens with one attached hydrogen (secondary N) is 1. The van der Waals surface area contributed by atoms with E-state index < -0.39 is 16.8 Å². The fourth-order valence-corrected chi connectivity index (χ4v) is 2.57. The molecule has 0 bridgehead atoms. The molecule has 0 aliphatic rings. The van der Waals surface area contributed by atoms with Crippen LogP contribution in [0, 0.1) is 0 Å². The number of carbonyl (C=O) groups excluding carboxylic acids is 1. The number of aryl methyl sites for hydroxylation is 1. The molecule has 0 aliphatic carbocycles. The predicted octanol–water partition coefficient (Wildman–Crippen LogP) is 0.399. The molecule has 0 saturated carbocycles. The Labute approximate surface area is 145 Å². The Bertz CT molecular complexity index is 1170. The van der Waals surface area contributed by atoms with Gasteiger partial charge in [-0.05, 0) is 24.3 Å². The lowest BCUT2D eigenvalue weighted by atomic mass is 10.1. The van der Waals surface area contributed by atoms with Crippen molar-refractivity contribution in [3.8, 4) is 0 Å². The number of hydrogen-bond acceptors (Lipinski definition) is 5. The summed E-state index contributed by atoms with van der Waals surface area (Å²) in [4.78, 5) is 55.1. The van der Waals surface area contributed by atoms with E-state index in [1.54, 1.807) is 24.3 Å². The van der Waals surface area contributed by atoms with Crippen LogP contribution in [0.15, 0.2) is 38.6 Å². The minimum absolute atomic E-state index is 0.0146. The van der Waals surface area contributed by atoms with Gasteiger partial charge in [0.2, 0.25) is 0 Å². The second kappa shape index (κ2) is 6.14. The van der Waals surface area contributed by atoms with Gasteiger partial charge in [0.15, 0.2) is 11.3 Å². The van der Waals surface area contributed by atoms with Crippen LogP contribution in [0.5, 0.6) is 0 Å². The first-order valence-electron chi connectivity index (χ1n) is 7.27. The molecule has 0 fully saturated rings. The summed E-state index contributed by atoms with van der Waals surface area (Å²) < 4.78 is 2.01. The van der Waals surface area contributed by atoms with Gasteiger partial charge in [-0.2, -0.15) is 0 Å². The number of aromatic amines is 1. The van der Waals surface area contributed by atoms with Crippen molar-refractivity contribution in [2.24, 2.45) is 14.1 Å². The van der Waals surface area contributed by atoms with Crippen molar-refractivity contribution >= 4 is 28.5 Å². The highest BCUT2D eigenvalue weighted by Gasteiger charge is 2.16. The highest BCUT2D eigenvalue weighted by molar-refractivity contribution is 6.30. The van der Waals surface area contributed by atoms with E-state index in [2.05, 4.69) is 9.97 Å². The fraction of sp³-hybridized carbons (Fsp3) is 0.188. The number of Topliss-reactive ketones (excluding diaryl/α,β-unsaturated/α-hetero) is 1. The quantitative estimate of drug-likeness (QED) is 0.680. The SMILES string of the molecule is Cn1c(=O)c2nc(CC(=O)c3ccc(Cl)cc3)c(=O)[nH]c2n(C)c1=O. The van der Waals surface area contributed by atoms with Crippen LogP contribution in [-0.4, -0.2) is 24.9 Å². The number of hydrogen-bond donors (Lipinski definition) is 1.